The van der Waals surface area contributed by atoms with Crippen molar-refractivity contribution in [1.29, 1.82) is 0 Å². The standard InChI is InChI=1S/C9H10O5/c10-7-3-1-2-6(13-7)5-4-8(11)14-9(5)12/h1,3-4,6-7,9-10,12H,2H2/t6-,7?,9?/m0/s1. The van der Waals surface area contributed by atoms with E-state index in [4.69, 9.17) is 9.84 Å². The van der Waals surface area contributed by atoms with Gasteiger partial charge in [0, 0.05) is 11.6 Å². The SMILES string of the molecule is O=C1C=C([C@@H]2CC=CC(O)O2)C(O)O1. The highest BCUT2D eigenvalue weighted by Gasteiger charge is 2.32. The van der Waals surface area contributed by atoms with Crippen LogP contribution in [-0.4, -0.2) is 34.9 Å². The van der Waals surface area contributed by atoms with E-state index in [2.05, 4.69) is 4.74 Å². The highest BCUT2D eigenvalue weighted by Crippen LogP contribution is 2.25. The van der Waals surface area contributed by atoms with E-state index in [1.54, 1.807) is 6.08 Å². The van der Waals surface area contributed by atoms with Crippen molar-refractivity contribution in [2.24, 2.45) is 0 Å². The summed E-state index contributed by atoms with van der Waals surface area (Å²) in [5.41, 5.74) is 0.360. The number of carbonyl (C=O) groups is 1. The number of rotatable bonds is 1. The molecule has 2 rings (SSSR count). The minimum Gasteiger partial charge on any atom is -0.429 e. The quantitative estimate of drug-likeness (QED) is 0.437. The number of carbonyl (C=O) groups excluding carboxylic acids is 1. The highest BCUT2D eigenvalue weighted by atomic mass is 16.6. The molecule has 0 aromatic carbocycles. The predicted octanol–water partition coefficient (Wildman–Crippen LogP) is -0.549. The summed E-state index contributed by atoms with van der Waals surface area (Å²) in [6.07, 6.45) is 2.22. The zero-order valence-corrected chi connectivity index (χ0v) is 7.29. The van der Waals surface area contributed by atoms with Crippen molar-refractivity contribution in [3.63, 3.8) is 0 Å². The van der Waals surface area contributed by atoms with Crippen molar-refractivity contribution in [2.45, 2.75) is 25.1 Å². The van der Waals surface area contributed by atoms with E-state index in [0.29, 0.717) is 12.0 Å². The Morgan fingerprint density at radius 1 is 1.43 bits per heavy atom. The molecule has 3 atom stereocenters. The van der Waals surface area contributed by atoms with Crippen LogP contribution >= 0.6 is 0 Å². The molecule has 0 amide bonds. The van der Waals surface area contributed by atoms with Crippen LogP contribution < -0.4 is 0 Å². The van der Waals surface area contributed by atoms with Crippen LogP contribution in [0.5, 0.6) is 0 Å². The molecule has 0 bridgehead atoms. The Morgan fingerprint density at radius 3 is 2.79 bits per heavy atom. The molecule has 0 aromatic heterocycles. The number of ether oxygens (including phenoxy) is 2. The van der Waals surface area contributed by atoms with Crippen molar-refractivity contribution in [1.82, 2.24) is 0 Å². The molecular weight excluding hydrogens is 188 g/mol. The van der Waals surface area contributed by atoms with Crippen molar-refractivity contribution in [3.8, 4) is 0 Å². The van der Waals surface area contributed by atoms with E-state index in [9.17, 15) is 9.90 Å². The summed E-state index contributed by atoms with van der Waals surface area (Å²) in [6, 6.07) is 0. The second-order valence-electron chi connectivity index (χ2n) is 3.11. The Kier molecular flexibility index (Phi) is 2.37. The van der Waals surface area contributed by atoms with Gasteiger partial charge in [-0.15, -0.1) is 0 Å². The maximum Gasteiger partial charge on any atom is 0.333 e. The van der Waals surface area contributed by atoms with Crippen molar-refractivity contribution in [2.75, 3.05) is 0 Å². The molecule has 2 N–H and O–H groups in total. The predicted molar refractivity (Wildman–Crippen MR) is 44.8 cm³/mol. The molecule has 0 saturated carbocycles. The second kappa shape index (κ2) is 3.53. The van der Waals surface area contributed by atoms with Crippen LogP contribution in [0.25, 0.3) is 0 Å². The lowest BCUT2D eigenvalue weighted by Gasteiger charge is -2.24. The molecule has 76 valence electrons. The van der Waals surface area contributed by atoms with E-state index in [1.165, 1.54) is 12.2 Å². The minimum absolute atomic E-state index is 0.360. The number of esters is 1. The lowest BCUT2D eigenvalue weighted by atomic mass is 10.1. The third-order valence-corrected chi connectivity index (χ3v) is 2.12. The zero-order valence-electron chi connectivity index (χ0n) is 7.29. The first-order valence-corrected chi connectivity index (χ1v) is 4.27. The van der Waals surface area contributed by atoms with Crippen LogP contribution in [0, 0.1) is 0 Å². The summed E-state index contributed by atoms with van der Waals surface area (Å²) in [6.45, 7) is 0. The molecule has 2 heterocycles. The van der Waals surface area contributed by atoms with Crippen LogP contribution in [0.1, 0.15) is 6.42 Å². The largest absolute Gasteiger partial charge is 0.429 e. The van der Waals surface area contributed by atoms with Gasteiger partial charge in [-0.05, 0) is 12.5 Å². The minimum atomic E-state index is -1.24. The third kappa shape index (κ3) is 1.70. The van der Waals surface area contributed by atoms with Gasteiger partial charge in [-0.1, -0.05) is 6.08 Å². The number of aliphatic hydroxyl groups is 2. The Balaban J connectivity index is 2.12. The third-order valence-electron chi connectivity index (χ3n) is 2.12. The summed E-state index contributed by atoms with van der Waals surface area (Å²) < 4.78 is 9.60. The van der Waals surface area contributed by atoms with Crippen LogP contribution in [0.4, 0.5) is 0 Å². The Morgan fingerprint density at radius 2 is 2.21 bits per heavy atom. The maximum atomic E-state index is 10.8. The van der Waals surface area contributed by atoms with Crippen LogP contribution in [-0.2, 0) is 14.3 Å². The number of hydrogen-bond donors (Lipinski definition) is 2. The Bertz CT molecular complexity index is 306. The Labute approximate surface area is 80.2 Å². The summed E-state index contributed by atoms with van der Waals surface area (Å²) in [4.78, 5) is 10.8. The zero-order chi connectivity index (χ0) is 10.1. The summed E-state index contributed by atoms with van der Waals surface area (Å²) in [7, 11) is 0. The molecule has 2 aliphatic rings. The van der Waals surface area contributed by atoms with E-state index in [1.807, 2.05) is 0 Å². The van der Waals surface area contributed by atoms with Crippen molar-refractivity contribution in [3.05, 3.63) is 23.8 Å². The molecule has 2 aliphatic heterocycles. The van der Waals surface area contributed by atoms with Crippen LogP contribution in [0.15, 0.2) is 23.8 Å². The molecule has 5 nitrogen and oxygen atoms in total. The van der Waals surface area contributed by atoms with Crippen LogP contribution in [0.2, 0.25) is 0 Å². The van der Waals surface area contributed by atoms with Crippen LogP contribution in [0.3, 0.4) is 0 Å². The Hall–Kier alpha value is -1.17. The van der Waals surface area contributed by atoms with E-state index < -0.39 is 24.7 Å². The fraction of sp³-hybridized carbons (Fsp3) is 0.444. The van der Waals surface area contributed by atoms with Gasteiger partial charge in [-0.2, -0.15) is 0 Å². The summed E-state index contributed by atoms with van der Waals surface area (Å²) in [5.74, 6) is -0.583. The number of aliphatic hydroxyl groups excluding tert-OH is 2. The van der Waals surface area contributed by atoms with E-state index in [0.717, 1.165) is 0 Å². The lowest BCUT2D eigenvalue weighted by molar-refractivity contribution is -0.154. The van der Waals surface area contributed by atoms with E-state index in [-0.39, 0.29) is 0 Å². The van der Waals surface area contributed by atoms with Gasteiger partial charge in [-0.3, -0.25) is 0 Å². The molecule has 0 fully saturated rings. The first-order chi connectivity index (χ1) is 6.66. The number of cyclic esters (lactones) is 1. The smallest absolute Gasteiger partial charge is 0.333 e. The molecule has 0 radical (unpaired) electrons. The van der Waals surface area contributed by atoms with Crippen molar-refractivity contribution >= 4 is 5.97 Å². The first-order valence-electron chi connectivity index (χ1n) is 4.27. The molecule has 0 aromatic rings. The average molecular weight is 198 g/mol. The van der Waals surface area contributed by atoms with Crippen molar-refractivity contribution < 1.29 is 24.5 Å². The average Bonchev–Trinajstić information content (AvgIpc) is 2.45. The van der Waals surface area contributed by atoms with Gasteiger partial charge in [0.15, 0.2) is 6.29 Å². The van der Waals surface area contributed by atoms with E-state index >= 15 is 0 Å². The van der Waals surface area contributed by atoms with Gasteiger partial charge in [0.25, 0.3) is 0 Å². The molecule has 0 spiro atoms. The van der Waals surface area contributed by atoms with Gasteiger partial charge in [-0.25, -0.2) is 4.79 Å². The maximum absolute atomic E-state index is 10.8. The topological polar surface area (TPSA) is 76.0 Å². The van der Waals surface area contributed by atoms with Gasteiger partial charge in [0.05, 0.1) is 6.10 Å². The normalized spacial score (nSPS) is 36.9. The summed E-state index contributed by atoms with van der Waals surface area (Å²) in [5, 5.41) is 18.4. The molecule has 0 saturated heterocycles. The number of hydrogen-bond acceptors (Lipinski definition) is 5. The first kappa shape index (κ1) is 9.39. The summed E-state index contributed by atoms with van der Waals surface area (Å²) >= 11 is 0. The molecular formula is C9H10O5. The van der Waals surface area contributed by atoms with Gasteiger partial charge in [0.1, 0.15) is 0 Å². The molecule has 2 unspecified atom stereocenters. The fourth-order valence-corrected chi connectivity index (χ4v) is 1.47. The highest BCUT2D eigenvalue weighted by molar-refractivity contribution is 5.85. The monoisotopic (exact) mass is 198 g/mol. The lowest BCUT2D eigenvalue weighted by Crippen LogP contribution is -2.29. The molecule has 14 heavy (non-hydrogen) atoms. The van der Waals surface area contributed by atoms with Gasteiger partial charge in [0.2, 0.25) is 6.29 Å². The van der Waals surface area contributed by atoms with Gasteiger partial charge < -0.3 is 19.7 Å². The molecule has 5 heteroatoms. The second-order valence-corrected chi connectivity index (χ2v) is 3.11. The van der Waals surface area contributed by atoms with Gasteiger partial charge >= 0.3 is 5.97 Å². The fourth-order valence-electron chi connectivity index (χ4n) is 1.47. The molecule has 0 aliphatic carbocycles.